The third kappa shape index (κ3) is 4.05. The van der Waals surface area contributed by atoms with Crippen LogP contribution in [0.25, 0.3) is 11.3 Å². The van der Waals surface area contributed by atoms with Crippen LogP contribution in [0.1, 0.15) is 48.6 Å². The first-order chi connectivity index (χ1) is 11.3. The van der Waals surface area contributed by atoms with E-state index in [4.69, 9.17) is 0 Å². The Kier molecular flexibility index (Phi) is 4.78. The Morgan fingerprint density at radius 3 is 2.75 bits per heavy atom. The highest BCUT2D eigenvalue weighted by Crippen LogP contribution is 2.27. The fourth-order valence-corrected chi connectivity index (χ4v) is 4.00. The summed E-state index contributed by atoms with van der Waals surface area (Å²) < 4.78 is 0. The number of aromatic nitrogens is 2. The summed E-state index contributed by atoms with van der Waals surface area (Å²) in [5, 5.41) is 13.0. The van der Waals surface area contributed by atoms with Gasteiger partial charge in [0.1, 0.15) is 5.69 Å². The number of carbonyl (C=O) groups excluding carboxylic acids is 1. The maximum Gasteiger partial charge on any atom is 0.270 e. The summed E-state index contributed by atoms with van der Waals surface area (Å²) in [7, 11) is 0. The van der Waals surface area contributed by atoms with E-state index in [0.717, 1.165) is 48.6 Å². The number of amides is 1. The van der Waals surface area contributed by atoms with Crippen LogP contribution in [0.3, 0.4) is 0 Å². The van der Waals surface area contributed by atoms with Gasteiger partial charge in [0.2, 0.25) is 0 Å². The third-order valence-corrected chi connectivity index (χ3v) is 5.29. The Morgan fingerprint density at radius 1 is 1.46 bits per heavy atom. The van der Waals surface area contributed by atoms with Crippen molar-refractivity contribution in [3.05, 3.63) is 28.3 Å². The van der Waals surface area contributed by atoms with Crippen LogP contribution in [0.4, 0.5) is 0 Å². The van der Waals surface area contributed by atoms with E-state index in [-0.39, 0.29) is 5.91 Å². The fraction of sp³-hybridized carbons (Fsp3) is 0.556. The number of aryl methyl sites for hydroxylation is 1. The first kappa shape index (κ1) is 17.2. The number of piperidine rings is 1. The zero-order valence-corrected chi connectivity index (χ0v) is 15.3. The van der Waals surface area contributed by atoms with E-state index < -0.39 is 5.60 Å². The van der Waals surface area contributed by atoms with Gasteiger partial charge in [-0.1, -0.05) is 0 Å². The minimum Gasteiger partial charge on any atom is -0.390 e. The number of hydrogen-bond acceptors (Lipinski definition) is 4. The van der Waals surface area contributed by atoms with Crippen molar-refractivity contribution in [2.75, 3.05) is 13.1 Å². The SMILES string of the molecule is Cc1nc(-c2c[nH]c(C(=O)N3CCC(CC(C)(C)O)CC3)c2)cs1. The van der Waals surface area contributed by atoms with Crippen molar-refractivity contribution in [2.24, 2.45) is 5.92 Å². The Balaban J connectivity index is 1.61. The van der Waals surface area contributed by atoms with E-state index in [9.17, 15) is 9.90 Å². The molecule has 0 unspecified atom stereocenters. The van der Waals surface area contributed by atoms with Crippen LogP contribution in [0.5, 0.6) is 0 Å². The number of aromatic amines is 1. The number of nitrogens with zero attached hydrogens (tertiary/aromatic N) is 2. The molecule has 5 nitrogen and oxygen atoms in total. The van der Waals surface area contributed by atoms with Crippen molar-refractivity contribution >= 4 is 17.2 Å². The lowest BCUT2D eigenvalue weighted by Crippen LogP contribution is -2.40. The molecule has 0 saturated carbocycles. The summed E-state index contributed by atoms with van der Waals surface area (Å²) in [6.07, 6.45) is 4.55. The van der Waals surface area contributed by atoms with Gasteiger partial charge in [-0.2, -0.15) is 0 Å². The van der Waals surface area contributed by atoms with Gasteiger partial charge in [-0.05, 0) is 52.0 Å². The van der Waals surface area contributed by atoms with Crippen LogP contribution in [0.2, 0.25) is 0 Å². The van der Waals surface area contributed by atoms with E-state index in [1.54, 1.807) is 11.3 Å². The second-order valence-corrected chi connectivity index (χ2v) is 8.37. The van der Waals surface area contributed by atoms with Gasteiger partial charge in [0.05, 0.1) is 16.3 Å². The molecule has 1 fully saturated rings. The minimum atomic E-state index is -0.628. The molecule has 0 aliphatic carbocycles. The molecular weight excluding hydrogens is 322 g/mol. The molecule has 1 aliphatic heterocycles. The third-order valence-electron chi connectivity index (χ3n) is 4.52. The lowest BCUT2D eigenvalue weighted by atomic mass is 9.86. The molecule has 1 aliphatic rings. The first-order valence-corrected chi connectivity index (χ1v) is 9.32. The summed E-state index contributed by atoms with van der Waals surface area (Å²) in [5.41, 5.74) is 1.87. The standard InChI is InChI=1S/C18H25N3O2S/c1-12-20-16(11-24-12)14-8-15(19-10-14)17(22)21-6-4-13(5-7-21)9-18(2,3)23/h8,10-11,13,19,23H,4-7,9H2,1-3H3. The molecule has 1 amide bonds. The van der Waals surface area contributed by atoms with Crippen LogP contribution in [0, 0.1) is 12.8 Å². The summed E-state index contributed by atoms with van der Waals surface area (Å²) in [4.78, 5) is 22.1. The van der Waals surface area contributed by atoms with E-state index in [1.807, 2.05) is 43.3 Å². The number of aliphatic hydroxyl groups is 1. The van der Waals surface area contributed by atoms with Crippen molar-refractivity contribution in [2.45, 2.75) is 45.6 Å². The number of likely N-dealkylation sites (tertiary alicyclic amines) is 1. The van der Waals surface area contributed by atoms with Gasteiger partial charge in [0.25, 0.3) is 5.91 Å². The number of carbonyl (C=O) groups is 1. The monoisotopic (exact) mass is 347 g/mol. The predicted molar refractivity (Wildman–Crippen MR) is 96.2 cm³/mol. The van der Waals surface area contributed by atoms with Crippen molar-refractivity contribution in [3.8, 4) is 11.3 Å². The van der Waals surface area contributed by atoms with Gasteiger partial charge >= 0.3 is 0 Å². The zero-order valence-electron chi connectivity index (χ0n) is 14.5. The fourth-order valence-electron chi connectivity index (χ4n) is 3.38. The smallest absolute Gasteiger partial charge is 0.270 e. The van der Waals surface area contributed by atoms with Crippen molar-refractivity contribution in [1.82, 2.24) is 14.9 Å². The lowest BCUT2D eigenvalue weighted by Gasteiger charge is -2.34. The van der Waals surface area contributed by atoms with E-state index in [1.165, 1.54) is 0 Å². The topological polar surface area (TPSA) is 69.2 Å². The maximum atomic E-state index is 12.7. The predicted octanol–water partition coefficient (Wildman–Crippen LogP) is 3.46. The number of nitrogens with one attached hydrogen (secondary N) is 1. The summed E-state index contributed by atoms with van der Waals surface area (Å²) >= 11 is 1.61. The van der Waals surface area contributed by atoms with Crippen LogP contribution >= 0.6 is 11.3 Å². The van der Waals surface area contributed by atoms with Crippen LogP contribution in [-0.2, 0) is 0 Å². The molecular formula is C18H25N3O2S. The molecule has 3 rings (SSSR count). The van der Waals surface area contributed by atoms with E-state index in [0.29, 0.717) is 11.6 Å². The second kappa shape index (κ2) is 6.69. The summed E-state index contributed by atoms with van der Waals surface area (Å²) in [6.45, 7) is 7.19. The highest BCUT2D eigenvalue weighted by Gasteiger charge is 2.28. The van der Waals surface area contributed by atoms with Crippen LogP contribution in [0.15, 0.2) is 17.6 Å². The van der Waals surface area contributed by atoms with Crippen molar-refractivity contribution < 1.29 is 9.90 Å². The largest absolute Gasteiger partial charge is 0.390 e. The molecule has 3 heterocycles. The number of hydrogen-bond donors (Lipinski definition) is 2. The Morgan fingerprint density at radius 2 is 2.17 bits per heavy atom. The highest BCUT2D eigenvalue weighted by molar-refractivity contribution is 7.09. The van der Waals surface area contributed by atoms with Crippen molar-refractivity contribution in [1.29, 1.82) is 0 Å². The van der Waals surface area contributed by atoms with Gasteiger partial charge in [0.15, 0.2) is 0 Å². The van der Waals surface area contributed by atoms with E-state index >= 15 is 0 Å². The van der Waals surface area contributed by atoms with E-state index in [2.05, 4.69) is 9.97 Å². The molecule has 2 N–H and O–H groups in total. The quantitative estimate of drug-likeness (QED) is 0.890. The van der Waals surface area contributed by atoms with Crippen LogP contribution < -0.4 is 0 Å². The molecule has 0 radical (unpaired) electrons. The average Bonchev–Trinajstić information content (AvgIpc) is 3.14. The normalized spacial score (nSPS) is 16.6. The Labute approximate surface area is 146 Å². The zero-order chi connectivity index (χ0) is 17.3. The average molecular weight is 347 g/mol. The number of thiazole rings is 1. The molecule has 2 aromatic heterocycles. The van der Waals surface area contributed by atoms with Crippen LogP contribution in [-0.4, -0.2) is 44.6 Å². The molecule has 0 aromatic carbocycles. The molecule has 6 heteroatoms. The van der Waals surface area contributed by atoms with Gasteiger partial charge in [-0.3, -0.25) is 4.79 Å². The van der Waals surface area contributed by atoms with Gasteiger partial charge in [-0.15, -0.1) is 11.3 Å². The number of rotatable bonds is 4. The lowest BCUT2D eigenvalue weighted by molar-refractivity contribution is 0.0357. The molecule has 24 heavy (non-hydrogen) atoms. The molecule has 130 valence electrons. The Hall–Kier alpha value is -1.66. The molecule has 1 saturated heterocycles. The van der Waals surface area contributed by atoms with Gasteiger partial charge in [0, 0.05) is 30.2 Å². The molecule has 0 spiro atoms. The van der Waals surface area contributed by atoms with Gasteiger partial charge in [-0.25, -0.2) is 4.98 Å². The second-order valence-electron chi connectivity index (χ2n) is 7.31. The molecule has 2 aromatic rings. The summed E-state index contributed by atoms with van der Waals surface area (Å²) in [5.74, 6) is 0.543. The first-order valence-electron chi connectivity index (χ1n) is 8.44. The Bertz CT molecular complexity index is 706. The maximum absolute atomic E-state index is 12.7. The number of H-pyrrole nitrogens is 1. The van der Waals surface area contributed by atoms with Gasteiger partial charge < -0.3 is 15.0 Å². The summed E-state index contributed by atoms with van der Waals surface area (Å²) in [6, 6.07) is 1.89. The van der Waals surface area contributed by atoms with Crippen molar-refractivity contribution in [3.63, 3.8) is 0 Å². The molecule has 0 atom stereocenters. The highest BCUT2D eigenvalue weighted by atomic mass is 32.1. The minimum absolute atomic E-state index is 0.0508. The molecule has 0 bridgehead atoms.